The molecule has 1 atom stereocenters. The third-order valence-electron chi connectivity index (χ3n) is 1.76. The minimum absolute atomic E-state index is 0.235. The Labute approximate surface area is 83.4 Å². The molecule has 0 rings (SSSR count). The van der Waals surface area contributed by atoms with Crippen molar-refractivity contribution < 1.29 is 19.4 Å². The molecule has 0 spiro atoms. The summed E-state index contributed by atoms with van der Waals surface area (Å²) in [6, 6.07) is -0.704. The maximum atomic E-state index is 10.7. The fourth-order valence-electron chi connectivity index (χ4n) is 1.24. The summed E-state index contributed by atoms with van der Waals surface area (Å²) in [4.78, 5) is 21.4. The van der Waals surface area contributed by atoms with Crippen LogP contribution in [0.25, 0.3) is 0 Å². The Kier molecular flexibility index (Phi) is 4.56. The number of nitrogens with one attached hydrogen (secondary N) is 1. The van der Waals surface area contributed by atoms with Crippen molar-refractivity contribution in [2.75, 3.05) is 7.05 Å². The second kappa shape index (κ2) is 4.95. The minimum atomic E-state index is -0.951. The molecule has 0 aromatic carbocycles. The van der Waals surface area contributed by atoms with Crippen molar-refractivity contribution in [2.45, 2.75) is 38.8 Å². The first kappa shape index (κ1) is 12.9. The van der Waals surface area contributed by atoms with Crippen LogP contribution in [0.3, 0.4) is 0 Å². The lowest BCUT2D eigenvalue weighted by Gasteiger charge is -2.27. The van der Waals surface area contributed by atoms with Crippen LogP contribution in [-0.2, 0) is 14.3 Å². The zero-order valence-electron chi connectivity index (χ0n) is 8.96. The predicted molar refractivity (Wildman–Crippen MR) is 50.9 cm³/mol. The lowest BCUT2D eigenvalue weighted by Crippen LogP contribution is -2.42. The van der Waals surface area contributed by atoms with E-state index < -0.39 is 23.6 Å². The SMILES string of the molecule is CN[C@@H](CC(C)(C)OC(C)=O)C(=O)O. The fraction of sp³-hybridized carbons (Fsp3) is 0.778. The molecule has 0 saturated carbocycles. The van der Waals surface area contributed by atoms with Gasteiger partial charge >= 0.3 is 11.9 Å². The Morgan fingerprint density at radius 2 is 2.00 bits per heavy atom. The standard InChI is InChI=1S/C9H17NO4/c1-6(11)14-9(2,3)5-7(10-4)8(12)13/h7,10H,5H2,1-4H3,(H,12,13)/t7-/m0/s1. The molecule has 0 heterocycles. The number of hydrogen-bond acceptors (Lipinski definition) is 4. The smallest absolute Gasteiger partial charge is 0.320 e. The van der Waals surface area contributed by atoms with E-state index in [0.29, 0.717) is 0 Å². The van der Waals surface area contributed by atoms with E-state index in [-0.39, 0.29) is 6.42 Å². The molecule has 0 aliphatic carbocycles. The molecule has 82 valence electrons. The van der Waals surface area contributed by atoms with Gasteiger partial charge in [0.1, 0.15) is 11.6 Å². The molecule has 5 nitrogen and oxygen atoms in total. The summed E-state index contributed by atoms with van der Waals surface area (Å²) < 4.78 is 4.98. The minimum Gasteiger partial charge on any atom is -0.480 e. The van der Waals surface area contributed by atoms with Crippen LogP contribution in [-0.4, -0.2) is 35.7 Å². The maximum absolute atomic E-state index is 10.7. The first-order valence-corrected chi connectivity index (χ1v) is 4.38. The Morgan fingerprint density at radius 1 is 1.50 bits per heavy atom. The second-order valence-electron chi connectivity index (χ2n) is 3.74. The molecule has 0 saturated heterocycles. The first-order chi connectivity index (χ1) is 6.28. The molecule has 0 amide bonds. The number of hydrogen-bond donors (Lipinski definition) is 2. The van der Waals surface area contributed by atoms with Crippen LogP contribution in [0.5, 0.6) is 0 Å². The van der Waals surface area contributed by atoms with E-state index in [2.05, 4.69) is 5.32 Å². The molecule has 0 radical (unpaired) electrons. The van der Waals surface area contributed by atoms with Gasteiger partial charge in [0.15, 0.2) is 0 Å². The van der Waals surface area contributed by atoms with E-state index in [1.54, 1.807) is 20.9 Å². The summed E-state index contributed by atoms with van der Waals surface area (Å²) in [6.07, 6.45) is 0.235. The normalized spacial score (nSPS) is 13.4. The van der Waals surface area contributed by atoms with Crippen LogP contribution >= 0.6 is 0 Å². The second-order valence-corrected chi connectivity index (χ2v) is 3.74. The van der Waals surface area contributed by atoms with Gasteiger partial charge in [0.05, 0.1) is 0 Å². The Morgan fingerprint density at radius 3 is 2.29 bits per heavy atom. The highest BCUT2D eigenvalue weighted by molar-refractivity contribution is 5.73. The molecule has 0 aliphatic rings. The van der Waals surface area contributed by atoms with E-state index in [9.17, 15) is 9.59 Å². The van der Waals surface area contributed by atoms with Crippen molar-refractivity contribution in [1.82, 2.24) is 5.32 Å². The van der Waals surface area contributed by atoms with Crippen LogP contribution in [0.15, 0.2) is 0 Å². The molecule has 0 unspecified atom stereocenters. The Bertz CT molecular complexity index is 225. The number of ether oxygens (including phenoxy) is 1. The zero-order valence-corrected chi connectivity index (χ0v) is 8.96. The van der Waals surface area contributed by atoms with Crippen molar-refractivity contribution in [2.24, 2.45) is 0 Å². The fourth-order valence-corrected chi connectivity index (χ4v) is 1.24. The average molecular weight is 203 g/mol. The number of rotatable bonds is 5. The first-order valence-electron chi connectivity index (χ1n) is 4.38. The van der Waals surface area contributed by atoms with Crippen molar-refractivity contribution in [3.8, 4) is 0 Å². The molecular formula is C9H17NO4. The van der Waals surface area contributed by atoms with E-state index in [1.165, 1.54) is 6.92 Å². The van der Waals surface area contributed by atoms with E-state index >= 15 is 0 Å². The zero-order chi connectivity index (χ0) is 11.4. The monoisotopic (exact) mass is 203 g/mol. The molecule has 2 N–H and O–H groups in total. The van der Waals surface area contributed by atoms with Crippen LogP contribution in [0.1, 0.15) is 27.2 Å². The van der Waals surface area contributed by atoms with Crippen LogP contribution in [0.2, 0.25) is 0 Å². The number of carboxylic acids is 1. The summed E-state index contributed by atoms with van der Waals surface area (Å²) in [5.74, 6) is -1.36. The van der Waals surface area contributed by atoms with E-state index in [4.69, 9.17) is 9.84 Å². The third kappa shape index (κ3) is 4.81. The van der Waals surface area contributed by atoms with Crippen molar-refractivity contribution in [3.63, 3.8) is 0 Å². The van der Waals surface area contributed by atoms with Gasteiger partial charge in [-0.05, 0) is 20.9 Å². The quantitative estimate of drug-likeness (QED) is 0.632. The highest BCUT2D eigenvalue weighted by Gasteiger charge is 2.29. The van der Waals surface area contributed by atoms with Crippen LogP contribution in [0, 0.1) is 0 Å². The van der Waals surface area contributed by atoms with Gasteiger partial charge in [-0.3, -0.25) is 9.59 Å². The predicted octanol–water partition coefficient (Wildman–Crippen LogP) is 0.391. The number of carbonyl (C=O) groups is 2. The van der Waals surface area contributed by atoms with Gasteiger partial charge in [-0.25, -0.2) is 0 Å². The highest BCUT2D eigenvalue weighted by atomic mass is 16.6. The molecule has 14 heavy (non-hydrogen) atoms. The molecule has 5 heteroatoms. The maximum Gasteiger partial charge on any atom is 0.320 e. The van der Waals surface area contributed by atoms with Crippen molar-refractivity contribution in [3.05, 3.63) is 0 Å². The number of esters is 1. The molecule has 0 aromatic heterocycles. The molecule has 0 aromatic rings. The number of likely N-dealkylation sites (N-methyl/N-ethyl adjacent to an activating group) is 1. The largest absolute Gasteiger partial charge is 0.480 e. The van der Waals surface area contributed by atoms with Crippen molar-refractivity contribution in [1.29, 1.82) is 0 Å². The van der Waals surface area contributed by atoms with Gasteiger partial charge in [0, 0.05) is 13.3 Å². The lowest BCUT2D eigenvalue weighted by molar-refractivity contribution is -0.157. The van der Waals surface area contributed by atoms with Crippen LogP contribution < -0.4 is 5.32 Å². The topological polar surface area (TPSA) is 75.6 Å². The summed E-state index contributed by atoms with van der Waals surface area (Å²) in [5.41, 5.74) is -0.766. The molecular weight excluding hydrogens is 186 g/mol. The van der Waals surface area contributed by atoms with Gasteiger partial charge < -0.3 is 15.2 Å². The Hall–Kier alpha value is -1.10. The third-order valence-corrected chi connectivity index (χ3v) is 1.76. The lowest BCUT2D eigenvalue weighted by atomic mass is 9.99. The summed E-state index contributed by atoms with van der Waals surface area (Å²) in [5, 5.41) is 11.4. The van der Waals surface area contributed by atoms with Gasteiger partial charge in [0.2, 0.25) is 0 Å². The average Bonchev–Trinajstić information content (AvgIpc) is 1.97. The van der Waals surface area contributed by atoms with Gasteiger partial charge in [0.25, 0.3) is 0 Å². The van der Waals surface area contributed by atoms with E-state index in [0.717, 1.165) is 0 Å². The summed E-state index contributed by atoms with van der Waals surface area (Å²) >= 11 is 0. The van der Waals surface area contributed by atoms with Crippen LogP contribution in [0.4, 0.5) is 0 Å². The van der Waals surface area contributed by atoms with Gasteiger partial charge in [-0.15, -0.1) is 0 Å². The molecule has 0 fully saturated rings. The summed E-state index contributed by atoms with van der Waals surface area (Å²) in [6.45, 7) is 4.67. The summed E-state index contributed by atoms with van der Waals surface area (Å²) in [7, 11) is 1.56. The van der Waals surface area contributed by atoms with Gasteiger partial charge in [-0.2, -0.15) is 0 Å². The van der Waals surface area contributed by atoms with Gasteiger partial charge in [-0.1, -0.05) is 0 Å². The molecule has 0 bridgehead atoms. The van der Waals surface area contributed by atoms with Crippen molar-refractivity contribution >= 4 is 11.9 Å². The number of carbonyl (C=O) groups excluding carboxylic acids is 1. The Balaban J connectivity index is 4.31. The number of carboxylic acid groups (broad SMARTS) is 1. The highest BCUT2D eigenvalue weighted by Crippen LogP contribution is 2.17. The number of aliphatic carboxylic acids is 1. The molecule has 0 aliphatic heterocycles. The van der Waals surface area contributed by atoms with E-state index in [1.807, 2.05) is 0 Å².